The molecule has 0 radical (unpaired) electrons. The molecule has 1 saturated heterocycles. The van der Waals surface area contributed by atoms with Crippen LogP contribution in [0.3, 0.4) is 0 Å². The van der Waals surface area contributed by atoms with Crippen molar-refractivity contribution >= 4 is 33.5 Å². The van der Waals surface area contributed by atoms with E-state index in [9.17, 15) is 0 Å². The van der Waals surface area contributed by atoms with Crippen LogP contribution < -0.4 is 4.74 Å². The van der Waals surface area contributed by atoms with Crippen molar-refractivity contribution in [1.82, 2.24) is 14.8 Å². The fourth-order valence-electron chi connectivity index (χ4n) is 3.94. The van der Waals surface area contributed by atoms with Gasteiger partial charge in [-0.3, -0.25) is 4.68 Å². The third kappa shape index (κ3) is 4.33. The van der Waals surface area contributed by atoms with Gasteiger partial charge in [0.05, 0.1) is 26.4 Å². The fourth-order valence-corrected chi connectivity index (χ4v) is 4.40. The van der Waals surface area contributed by atoms with Gasteiger partial charge in [0.15, 0.2) is 0 Å². The Labute approximate surface area is 191 Å². The highest BCUT2D eigenvalue weighted by Gasteiger charge is 2.25. The molecule has 0 saturated carbocycles. The summed E-state index contributed by atoms with van der Waals surface area (Å²) in [6.07, 6.45) is 4.67. The second kappa shape index (κ2) is 9.36. The Morgan fingerprint density at radius 3 is 2.87 bits per heavy atom. The van der Waals surface area contributed by atoms with E-state index in [4.69, 9.17) is 14.6 Å². The average Bonchev–Trinajstić information content (AvgIpc) is 3.09. The third-order valence-electron chi connectivity index (χ3n) is 5.66. The minimum absolute atomic E-state index is 0.292. The van der Waals surface area contributed by atoms with Crippen LogP contribution in [0.4, 0.5) is 0 Å². The van der Waals surface area contributed by atoms with Crippen molar-refractivity contribution in [1.29, 1.82) is 0 Å². The number of ether oxygens (including phenoxy) is 2. The average molecular weight is 515 g/mol. The molecule has 6 heteroatoms. The number of rotatable bonds is 4. The highest BCUT2D eigenvalue weighted by molar-refractivity contribution is 14.1. The molecule has 1 aliphatic heterocycles. The molecule has 4 rings (SSSR count). The maximum atomic E-state index is 6.25. The molecule has 30 heavy (non-hydrogen) atoms. The van der Waals surface area contributed by atoms with Gasteiger partial charge in [-0.05, 0) is 73.4 Å². The molecule has 5 nitrogen and oxygen atoms in total. The number of nitrogens with zero attached hydrogens (tertiary/aromatic N) is 3. The topological polar surface area (TPSA) is 49.2 Å². The van der Waals surface area contributed by atoms with Gasteiger partial charge in [-0.1, -0.05) is 18.8 Å². The Balaban J connectivity index is 1.81. The number of aryl methyl sites for hydroxylation is 1. The van der Waals surface area contributed by atoms with E-state index in [0.717, 1.165) is 64.0 Å². The van der Waals surface area contributed by atoms with Crippen LogP contribution in [0.1, 0.15) is 50.4 Å². The molecule has 2 aromatic heterocycles. The first-order valence-corrected chi connectivity index (χ1v) is 11.5. The van der Waals surface area contributed by atoms with Crippen LogP contribution in [0.5, 0.6) is 11.6 Å². The molecule has 0 amide bonds. The van der Waals surface area contributed by atoms with Gasteiger partial charge in [0.2, 0.25) is 5.88 Å². The Morgan fingerprint density at radius 2 is 2.13 bits per heavy atom. The van der Waals surface area contributed by atoms with Crippen molar-refractivity contribution in [2.24, 2.45) is 5.92 Å². The molecule has 3 heterocycles. The van der Waals surface area contributed by atoms with Crippen molar-refractivity contribution < 1.29 is 9.47 Å². The standard InChI is InChI=1S/C24H26IN3O2/c1-4-5-7-19-14-20-16(2)27-28(17(3)18-9-12-29-13-10-18)22(20)15-23(19)30-24-21(25)8-6-11-26-24/h6,8,11,14-15,17-18H,4,9-10,12-13H2,1-3H3. The minimum Gasteiger partial charge on any atom is -0.437 e. The van der Waals surface area contributed by atoms with Crippen LogP contribution in [0.2, 0.25) is 0 Å². The van der Waals surface area contributed by atoms with Crippen LogP contribution in [-0.4, -0.2) is 28.0 Å². The second-order valence-corrected chi connectivity index (χ2v) is 8.80. The Hall–Kier alpha value is -2.11. The summed E-state index contributed by atoms with van der Waals surface area (Å²) in [5.74, 6) is 8.32. The third-order valence-corrected chi connectivity index (χ3v) is 6.48. The van der Waals surface area contributed by atoms with E-state index in [1.807, 2.05) is 19.1 Å². The van der Waals surface area contributed by atoms with Gasteiger partial charge in [0.25, 0.3) is 0 Å². The number of halogens is 1. The minimum atomic E-state index is 0.292. The molecule has 1 aliphatic rings. The van der Waals surface area contributed by atoms with E-state index in [2.05, 4.69) is 70.1 Å². The molecule has 1 fully saturated rings. The monoisotopic (exact) mass is 515 g/mol. The normalized spacial score (nSPS) is 15.6. The Kier molecular flexibility index (Phi) is 6.59. The first-order valence-electron chi connectivity index (χ1n) is 10.5. The van der Waals surface area contributed by atoms with Gasteiger partial charge in [-0.15, -0.1) is 0 Å². The molecule has 0 bridgehead atoms. The van der Waals surface area contributed by atoms with E-state index in [-0.39, 0.29) is 0 Å². The SMILES string of the molecule is CCC#Cc1cc2c(C)nn(C(C)C3CCOCC3)c2cc1Oc1ncccc1I. The van der Waals surface area contributed by atoms with E-state index >= 15 is 0 Å². The van der Waals surface area contributed by atoms with Crippen LogP contribution in [0.15, 0.2) is 30.5 Å². The predicted octanol–water partition coefficient (Wildman–Crippen LogP) is 5.89. The lowest BCUT2D eigenvalue weighted by molar-refractivity contribution is 0.0502. The summed E-state index contributed by atoms with van der Waals surface area (Å²) in [6.45, 7) is 8.03. The van der Waals surface area contributed by atoms with Gasteiger partial charge >= 0.3 is 0 Å². The summed E-state index contributed by atoms with van der Waals surface area (Å²) in [5.41, 5.74) is 2.96. The summed E-state index contributed by atoms with van der Waals surface area (Å²) < 4.78 is 14.9. The zero-order chi connectivity index (χ0) is 21.1. The molecular formula is C24H26IN3O2. The fraction of sp³-hybridized carbons (Fsp3) is 0.417. The molecule has 1 atom stereocenters. The predicted molar refractivity (Wildman–Crippen MR) is 127 cm³/mol. The summed E-state index contributed by atoms with van der Waals surface area (Å²) in [7, 11) is 0. The Morgan fingerprint density at radius 1 is 1.33 bits per heavy atom. The maximum Gasteiger partial charge on any atom is 0.232 e. The summed E-state index contributed by atoms with van der Waals surface area (Å²) in [5, 5.41) is 6.03. The lowest BCUT2D eigenvalue weighted by Crippen LogP contribution is -2.24. The lowest BCUT2D eigenvalue weighted by Gasteiger charge is -2.28. The number of fused-ring (bicyclic) bond motifs is 1. The van der Waals surface area contributed by atoms with Crippen LogP contribution >= 0.6 is 22.6 Å². The van der Waals surface area contributed by atoms with E-state index in [0.29, 0.717) is 17.8 Å². The molecule has 0 N–H and O–H groups in total. The molecule has 1 unspecified atom stereocenters. The number of hydrogen-bond donors (Lipinski definition) is 0. The summed E-state index contributed by atoms with van der Waals surface area (Å²) >= 11 is 2.24. The molecule has 0 aliphatic carbocycles. The van der Waals surface area contributed by atoms with Crippen molar-refractivity contribution in [3.05, 3.63) is 45.3 Å². The zero-order valence-corrected chi connectivity index (χ0v) is 19.8. The first-order chi connectivity index (χ1) is 14.6. The molecule has 0 spiro atoms. The van der Waals surface area contributed by atoms with Gasteiger partial charge < -0.3 is 9.47 Å². The first kappa shape index (κ1) is 21.1. The number of pyridine rings is 1. The van der Waals surface area contributed by atoms with Gasteiger partial charge in [-0.25, -0.2) is 4.98 Å². The molecule has 3 aromatic rings. The van der Waals surface area contributed by atoms with Gasteiger partial charge in [-0.2, -0.15) is 5.10 Å². The maximum absolute atomic E-state index is 6.25. The number of benzene rings is 1. The molecular weight excluding hydrogens is 489 g/mol. The summed E-state index contributed by atoms with van der Waals surface area (Å²) in [4.78, 5) is 4.40. The highest BCUT2D eigenvalue weighted by Crippen LogP contribution is 2.35. The van der Waals surface area contributed by atoms with Crippen LogP contribution in [0.25, 0.3) is 10.9 Å². The van der Waals surface area contributed by atoms with Crippen molar-refractivity contribution in [2.45, 2.75) is 46.1 Å². The van der Waals surface area contributed by atoms with Crippen molar-refractivity contribution in [2.75, 3.05) is 13.2 Å². The van der Waals surface area contributed by atoms with Crippen LogP contribution in [0, 0.1) is 28.3 Å². The lowest BCUT2D eigenvalue weighted by atomic mass is 9.93. The summed E-state index contributed by atoms with van der Waals surface area (Å²) in [6, 6.07) is 8.37. The van der Waals surface area contributed by atoms with E-state index in [1.165, 1.54) is 0 Å². The second-order valence-electron chi connectivity index (χ2n) is 7.63. The highest BCUT2D eigenvalue weighted by atomic mass is 127. The number of aromatic nitrogens is 3. The smallest absolute Gasteiger partial charge is 0.232 e. The molecule has 1 aromatic carbocycles. The van der Waals surface area contributed by atoms with Gasteiger partial charge in [0, 0.05) is 37.3 Å². The zero-order valence-electron chi connectivity index (χ0n) is 17.6. The van der Waals surface area contributed by atoms with Crippen LogP contribution in [-0.2, 0) is 4.74 Å². The Bertz CT molecular complexity index is 1110. The largest absolute Gasteiger partial charge is 0.437 e. The van der Waals surface area contributed by atoms with Gasteiger partial charge in [0.1, 0.15) is 5.75 Å². The molecule has 156 valence electrons. The quantitative estimate of drug-likeness (QED) is 0.322. The van der Waals surface area contributed by atoms with Crippen molar-refractivity contribution in [3.63, 3.8) is 0 Å². The number of hydrogen-bond acceptors (Lipinski definition) is 4. The van der Waals surface area contributed by atoms with E-state index in [1.54, 1.807) is 6.20 Å². The van der Waals surface area contributed by atoms with E-state index < -0.39 is 0 Å². The van der Waals surface area contributed by atoms with Crippen molar-refractivity contribution in [3.8, 4) is 23.5 Å².